The van der Waals surface area contributed by atoms with Gasteiger partial charge in [-0.25, -0.2) is 4.79 Å². The molecule has 0 radical (unpaired) electrons. The highest BCUT2D eigenvalue weighted by atomic mass is 32.2. The van der Waals surface area contributed by atoms with Crippen LogP contribution in [0.2, 0.25) is 0 Å². The zero-order valence-corrected chi connectivity index (χ0v) is 34.6. The number of carboxylic acids is 1. The molecular weight excluding hydrogens is 785 g/mol. The average molecular weight is 833 g/mol. The van der Waals surface area contributed by atoms with Crippen LogP contribution in [-0.4, -0.2) is 98.8 Å². The largest absolute Gasteiger partial charge is 0.480 e. The standard InChI is InChI=1S/C41H48N6O11S/c1-8-22-17(2)24-15-29-33(21(6)48)19(4)26(44-29)13-25-18(3)23(9-10-31(49)45-30(40(52)53)16-32(50)42-11-12-59(55,56)57)37(46-25)35-36(41(54)58-7)39(51)34-20(5)27(47-38(34)35)14-28(22)43-24/h13-15,17-18,22-23,30,36,44,47H,8-12,16H2,1-7H3,(H,42,50)(H,45,49)(H,52,53)(H,55,56,57)/t17-,18+,22-,23+,30+,36?/m1/s1. The number of esters is 1. The smallest absolute Gasteiger partial charge is 0.326 e. The van der Waals surface area contributed by atoms with Gasteiger partial charge in [-0.2, -0.15) is 8.42 Å². The van der Waals surface area contributed by atoms with Gasteiger partial charge >= 0.3 is 11.9 Å². The van der Waals surface area contributed by atoms with Crippen LogP contribution >= 0.6 is 0 Å². The van der Waals surface area contributed by atoms with E-state index >= 15 is 0 Å². The Morgan fingerprint density at radius 2 is 1.54 bits per heavy atom. The Kier molecular flexibility index (Phi) is 12.0. The minimum Gasteiger partial charge on any atom is -0.480 e. The van der Waals surface area contributed by atoms with Crippen molar-refractivity contribution < 1.29 is 51.6 Å². The number of carboxylic acid groups (broad SMARTS) is 1. The first-order valence-electron chi connectivity index (χ1n) is 19.4. The molecule has 18 heteroatoms. The normalized spacial score (nSPS) is 20.3. The summed E-state index contributed by atoms with van der Waals surface area (Å²) in [5.74, 6) is -7.59. The predicted octanol–water partition coefficient (Wildman–Crippen LogP) is 4.52. The van der Waals surface area contributed by atoms with E-state index in [1.807, 2.05) is 32.0 Å². The number of hydrogen-bond donors (Lipinski definition) is 6. The number of H-pyrrole nitrogens is 2. The number of methoxy groups -OCH3 is 1. The molecular formula is C41H48N6O11S. The van der Waals surface area contributed by atoms with E-state index in [2.05, 4.69) is 34.4 Å². The van der Waals surface area contributed by atoms with Crippen molar-refractivity contribution in [1.82, 2.24) is 30.6 Å². The van der Waals surface area contributed by atoms with Crippen LogP contribution in [0.1, 0.15) is 143 Å². The Morgan fingerprint density at radius 1 is 0.915 bits per heavy atom. The van der Waals surface area contributed by atoms with Gasteiger partial charge in [0.2, 0.25) is 11.8 Å². The first-order chi connectivity index (χ1) is 27.8. The number of carbonyl (C=O) groups excluding carboxylic acids is 5. The molecule has 1 unspecified atom stereocenters. The van der Waals surface area contributed by atoms with E-state index in [0.717, 1.165) is 17.8 Å². The summed E-state index contributed by atoms with van der Waals surface area (Å²) < 4.78 is 36.1. The van der Waals surface area contributed by atoms with E-state index in [4.69, 9.17) is 19.3 Å². The van der Waals surface area contributed by atoms with Gasteiger partial charge in [0, 0.05) is 81.4 Å². The minimum atomic E-state index is -4.37. The molecule has 2 amide bonds. The number of Topliss-reactive ketones (excluding diaryl/α,β-unsaturated/α-hetero) is 2. The Morgan fingerprint density at radius 3 is 2.17 bits per heavy atom. The van der Waals surface area contributed by atoms with Crippen LogP contribution in [0, 0.1) is 13.8 Å². The summed E-state index contributed by atoms with van der Waals surface area (Å²) >= 11 is 0. The highest BCUT2D eigenvalue weighted by Crippen LogP contribution is 2.48. The zero-order chi connectivity index (χ0) is 43.2. The van der Waals surface area contributed by atoms with Gasteiger partial charge in [0.05, 0.1) is 36.0 Å². The monoisotopic (exact) mass is 832 g/mol. The molecule has 0 saturated heterocycles. The highest BCUT2D eigenvalue weighted by molar-refractivity contribution is 7.85. The van der Waals surface area contributed by atoms with E-state index in [1.54, 1.807) is 6.92 Å². The number of ketones is 2. The number of aliphatic carboxylic acids is 1. The van der Waals surface area contributed by atoms with E-state index in [1.165, 1.54) is 14.0 Å². The van der Waals surface area contributed by atoms with Gasteiger partial charge in [0.1, 0.15) is 12.0 Å². The van der Waals surface area contributed by atoms with Crippen molar-refractivity contribution in [2.24, 2.45) is 0 Å². The van der Waals surface area contributed by atoms with Crippen LogP contribution in [0.3, 0.4) is 0 Å². The van der Waals surface area contributed by atoms with Crippen LogP contribution in [0.5, 0.6) is 0 Å². The molecule has 3 aromatic rings. The molecule has 6 atom stereocenters. The number of carbonyl (C=O) groups is 6. The van der Waals surface area contributed by atoms with Gasteiger partial charge in [0.25, 0.3) is 10.1 Å². The molecule has 0 spiro atoms. The molecule has 6 N–H and O–H groups in total. The predicted molar refractivity (Wildman–Crippen MR) is 215 cm³/mol. The molecule has 0 fully saturated rings. The third-order valence-corrected chi connectivity index (χ3v) is 12.5. The maximum absolute atomic E-state index is 14.3. The lowest BCUT2D eigenvalue weighted by atomic mass is 9.83. The Labute approximate surface area is 339 Å². The molecule has 2 aliphatic heterocycles. The highest BCUT2D eigenvalue weighted by Gasteiger charge is 2.45. The number of aromatic amines is 2. The topological polar surface area (TPSA) is 268 Å². The van der Waals surface area contributed by atoms with Crippen LogP contribution in [0.15, 0.2) is 18.2 Å². The molecule has 1 aliphatic carbocycles. The molecule has 8 bridgehead atoms. The Balaban J connectivity index is 1.50. The van der Waals surface area contributed by atoms with Gasteiger partial charge in [-0.15, -0.1) is 0 Å². The zero-order valence-electron chi connectivity index (χ0n) is 33.8. The lowest BCUT2D eigenvalue weighted by molar-refractivity contribution is -0.143. The number of nitrogens with zero attached hydrogens (tertiary/aromatic N) is 2. The summed E-state index contributed by atoms with van der Waals surface area (Å²) in [6.07, 6.45) is -0.111. The van der Waals surface area contributed by atoms with Gasteiger partial charge < -0.3 is 30.4 Å². The van der Waals surface area contributed by atoms with Crippen LogP contribution in [0.4, 0.5) is 0 Å². The van der Waals surface area contributed by atoms with Crippen molar-refractivity contribution in [3.8, 4) is 0 Å². The lowest BCUT2D eigenvalue weighted by Gasteiger charge is -2.20. The molecule has 0 saturated carbocycles. The number of aromatic nitrogens is 4. The van der Waals surface area contributed by atoms with Gasteiger partial charge in [-0.3, -0.25) is 38.5 Å². The molecule has 17 nitrogen and oxygen atoms in total. The quantitative estimate of drug-likeness (QED) is 0.0600. The van der Waals surface area contributed by atoms with E-state index in [-0.39, 0.29) is 30.5 Å². The van der Waals surface area contributed by atoms with Gasteiger partial charge in [-0.05, 0) is 62.9 Å². The summed E-state index contributed by atoms with van der Waals surface area (Å²) in [6.45, 7) is 10.7. The Bertz CT molecular complexity index is 2580. The summed E-state index contributed by atoms with van der Waals surface area (Å²) in [6, 6.07) is 3.98. The second-order valence-corrected chi connectivity index (χ2v) is 17.1. The van der Waals surface area contributed by atoms with Crippen molar-refractivity contribution in [2.75, 3.05) is 19.4 Å². The number of aryl methyl sites for hydroxylation is 2. The molecule has 59 heavy (non-hydrogen) atoms. The molecule has 5 heterocycles. The van der Waals surface area contributed by atoms with Crippen LogP contribution < -0.4 is 10.6 Å². The van der Waals surface area contributed by atoms with Gasteiger partial charge in [0.15, 0.2) is 11.6 Å². The molecule has 0 aromatic carbocycles. The number of ether oxygens (including phenoxy) is 1. The number of rotatable bonds is 13. The van der Waals surface area contributed by atoms with Crippen molar-refractivity contribution in [2.45, 2.75) is 103 Å². The maximum Gasteiger partial charge on any atom is 0.326 e. The second-order valence-electron chi connectivity index (χ2n) is 15.5. The summed E-state index contributed by atoms with van der Waals surface area (Å²) in [5.41, 5.74) is 7.16. The van der Waals surface area contributed by atoms with E-state index in [9.17, 15) is 42.3 Å². The van der Waals surface area contributed by atoms with Crippen LogP contribution in [0.25, 0.3) is 22.1 Å². The molecule has 3 aliphatic rings. The van der Waals surface area contributed by atoms with Gasteiger partial charge in [-0.1, -0.05) is 20.8 Å². The summed E-state index contributed by atoms with van der Waals surface area (Å²) in [4.78, 5) is 95.7. The van der Waals surface area contributed by atoms with E-state index < -0.39 is 82.2 Å². The van der Waals surface area contributed by atoms with Crippen molar-refractivity contribution in [1.29, 1.82) is 0 Å². The maximum atomic E-state index is 14.3. The van der Waals surface area contributed by atoms with Crippen molar-refractivity contribution in [3.63, 3.8) is 0 Å². The molecule has 314 valence electrons. The second kappa shape index (κ2) is 16.5. The molecule has 6 rings (SSSR count). The summed E-state index contributed by atoms with van der Waals surface area (Å²) in [7, 11) is -3.18. The lowest BCUT2D eigenvalue weighted by Crippen LogP contribution is -2.44. The number of fused-ring (bicyclic) bond motifs is 8. The summed E-state index contributed by atoms with van der Waals surface area (Å²) in [5, 5.41) is 14.4. The number of amides is 2. The fourth-order valence-corrected chi connectivity index (χ4v) is 9.02. The fourth-order valence-electron chi connectivity index (χ4n) is 8.66. The molecule has 3 aromatic heterocycles. The van der Waals surface area contributed by atoms with E-state index in [0.29, 0.717) is 61.3 Å². The number of hydrogen-bond acceptors (Lipinski definition) is 11. The minimum absolute atomic E-state index is 0.0159. The fraction of sp³-hybridized carbons (Fsp3) is 0.463. The first-order valence-corrected chi connectivity index (χ1v) is 21.0. The number of nitrogens with one attached hydrogen (secondary N) is 4. The third kappa shape index (κ3) is 8.28. The Hall–Kier alpha value is -5.75. The van der Waals surface area contributed by atoms with Crippen molar-refractivity contribution in [3.05, 3.63) is 68.8 Å². The average Bonchev–Trinajstić information content (AvgIpc) is 3.90. The third-order valence-electron chi connectivity index (χ3n) is 11.8. The van der Waals surface area contributed by atoms with Crippen LogP contribution in [-0.2, 0) is 34.0 Å². The SMILES string of the molecule is CC[C@H]1c2cc3[nH]c4c(c3C)C(=O)C(C(=O)OC)c4c3nc(cc4[nH]c(cc(n2)[C@@H]1C)c(C(C)=O)c4C)[C@@H](C)[C@@H]3CCC(=O)N[C@@H](CC(=O)NCCS(=O)(=O)O)C(=O)O. The first kappa shape index (κ1) is 42.8. The van der Waals surface area contributed by atoms with Crippen molar-refractivity contribution >= 4 is 67.5 Å².